The van der Waals surface area contributed by atoms with E-state index in [9.17, 15) is 0 Å². The lowest BCUT2D eigenvalue weighted by Gasteiger charge is -1.92. The first-order chi connectivity index (χ1) is 19.5. The lowest BCUT2D eigenvalue weighted by molar-refractivity contribution is 0.530. The molecule has 0 amide bonds. The molecule has 0 aliphatic carbocycles. The first-order valence-corrected chi connectivity index (χ1v) is 18.0. The monoisotopic (exact) mass is 663 g/mol. The Labute approximate surface area is 268 Å². The standard InChI is InChI=1S/C9H9NOS2.4C5H7NS/c1-7-5-12-9(10-7)13-6-8-3-2-4-11-8;4*1-4-3-7-5(2)6-4/h2-5H,6H2,1H3;4*3H,1-2H3. The van der Waals surface area contributed by atoms with Crippen LogP contribution in [-0.4, -0.2) is 24.9 Å². The first kappa shape index (κ1) is 35.0. The predicted molar refractivity (Wildman–Crippen MR) is 181 cm³/mol. The average Bonchev–Trinajstić information content (AvgIpc) is 3.76. The van der Waals surface area contributed by atoms with Crippen molar-refractivity contribution in [1.29, 1.82) is 0 Å². The molecule has 0 spiro atoms. The van der Waals surface area contributed by atoms with E-state index in [1.165, 1.54) is 0 Å². The van der Waals surface area contributed by atoms with Gasteiger partial charge in [0, 0.05) is 55.4 Å². The molecule has 6 aromatic heterocycles. The second-order valence-corrected chi connectivity index (χ2v) is 15.0. The predicted octanol–water partition coefficient (Wildman–Crippen LogP) is 10.4. The molecule has 41 heavy (non-hydrogen) atoms. The third-order valence-electron chi connectivity index (χ3n) is 4.45. The Bertz CT molecular complexity index is 1290. The highest BCUT2D eigenvalue weighted by atomic mass is 32.2. The molecule has 12 heteroatoms. The van der Waals surface area contributed by atoms with Crippen LogP contribution in [-0.2, 0) is 5.75 Å². The Morgan fingerprint density at radius 1 is 0.537 bits per heavy atom. The van der Waals surface area contributed by atoms with Crippen molar-refractivity contribution in [2.75, 3.05) is 0 Å². The lowest BCUT2D eigenvalue weighted by Crippen LogP contribution is -1.75. The molecule has 0 aliphatic heterocycles. The van der Waals surface area contributed by atoms with Crippen LogP contribution in [0, 0.1) is 62.3 Å². The third kappa shape index (κ3) is 16.1. The molecule has 6 nitrogen and oxygen atoms in total. The lowest BCUT2D eigenvalue weighted by atomic mass is 10.5. The third-order valence-corrected chi connectivity index (χ3v) is 10.2. The van der Waals surface area contributed by atoms with E-state index < -0.39 is 0 Å². The van der Waals surface area contributed by atoms with Crippen LogP contribution in [0.2, 0.25) is 0 Å². The number of thioether (sulfide) groups is 1. The van der Waals surface area contributed by atoms with Crippen LogP contribution in [0.1, 0.15) is 54.3 Å². The molecule has 6 heterocycles. The van der Waals surface area contributed by atoms with Crippen molar-refractivity contribution in [2.45, 2.75) is 72.4 Å². The van der Waals surface area contributed by atoms with Crippen molar-refractivity contribution in [3.8, 4) is 0 Å². The zero-order valence-electron chi connectivity index (χ0n) is 24.9. The molecule has 0 radical (unpaired) electrons. The maximum absolute atomic E-state index is 5.22. The molecule has 0 aliphatic rings. The van der Waals surface area contributed by atoms with E-state index in [4.69, 9.17) is 4.42 Å². The van der Waals surface area contributed by atoms with E-state index in [1.54, 1.807) is 74.7 Å². The quantitative estimate of drug-likeness (QED) is 0.174. The van der Waals surface area contributed by atoms with Crippen LogP contribution in [0.4, 0.5) is 0 Å². The number of hydrogen-bond donors (Lipinski definition) is 0. The minimum atomic E-state index is 0.861. The van der Waals surface area contributed by atoms with Crippen LogP contribution in [0.3, 0.4) is 0 Å². The van der Waals surface area contributed by atoms with Gasteiger partial charge >= 0.3 is 0 Å². The smallest absolute Gasteiger partial charge is 0.150 e. The molecular weight excluding hydrogens is 627 g/mol. The molecule has 0 N–H and O–H groups in total. The average molecular weight is 664 g/mol. The van der Waals surface area contributed by atoms with Gasteiger partial charge in [-0.15, -0.1) is 56.7 Å². The van der Waals surface area contributed by atoms with Crippen molar-refractivity contribution in [1.82, 2.24) is 24.9 Å². The van der Waals surface area contributed by atoms with E-state index in [-0.39, 0.29) is 0 Å². The Morgan fingerprint density at radius 3 is 1.12 bits per heavy atom. The maximum Gasteiger partial charge on any atom is 0.150 e. The SMILES string of the molecule is Cc1csc(C)n1.Cc1csc(C)n1.Cc1csc(C)n1.Cc1csc(C)n1.Cc1csc(SCc2ccco2)n1. The summed E-state index contributed by atoms with van der Waals surface area (Å²) >= 11 is 10.2. The molecule has 0 saturated carbocycles. The van der Waals surface area contributed by atoms with E-state index in [0.29, 0.717) is 0 Å². The van der Waals surface area contributed by atoms with E-state index in [0.717, 1.165) is 64.4 Å². The molecule has 0 unspecified atom stereocenters. The molecular formula is C29H37N5OS6. The van der Waals surface area contributed by atoms with Gasteiger partial charge in [0.25, 0.3) is 0 Å². The summed E-state index contributed by atoms with van der Waals surface area (Å²) in [5.74, 6) is 1.86. The number of rotatable bonds is 3. The van der Waals surface area contributed by atoms with Gasteiger partial charge in [-0.1, -0.05) is 11.8 Å². The number of aromatic nitrogens is 5. The van der Waals surface area contributed by atoms with Crippen molar-refractivity contribution in [2.24, 2.45) is 0 Å². The largest absolute Gasteiger partial charge is 0.468 e. The van der Waals surface area contributed by atoms with Crippen molar-refractivity contribution in [3.63, 3.8) is 0 Å². The molecule has 0 atom stereocenters. The van der Waals surface area contributed by atoms with Crippen molar-refractivity contribution >= 4 is 68.4 Å². The molecule has 220 valence electrons. The van der Waals surface area contributed by atoms with Gasteiger partial charge < -0.3 is 4.42 Å². The second kappa shape index (κ2) is 19.1. The van der Waals surface area contributed by atoms with E-state index in [1.807, 2.05) is 74.4 Å². The number of furan rings is 1. The molecule has 0 bridgehead atoms. The summed E-state index contributed by atoms with van der Waals surface area (Å²) in [6, 6.07) is 3.89. The van der Waals surface area contributed by atoms with E-state index in [2.05, 4.69) is 51.8 Å². The topological polar surface area (TPSA) is 77.6 Å². The maximum atomic E-state index is 5.22. The van der Waals surface area contributed by atoms with Gasteiger partial charge in [0.15, 0.2) is 4.34 Å². The van der Waals surface area contributed by atoms with Gasteiger partial charge in [-0.05, 0) is 74.4 Å². The minimum absolute atomic E-state index is 0.861. The Morgan fingerprint density at radius 2 is 0.902 bits per heavy atom. The fourth-order valence-electron chi connectivity index (χ4n) is 2.81. The fourth-order valence-corrected chi connectivity index (χ4v) is 6.93. The number of hydrogen-bond acceptors (Lipinski definition) is 12. The van der Waals surface area contributed by atoms with Crippen LogP contribution in [0.15, 0.2) is 54.1 Å². The Hall–Kier alpha value is -2.22. The van der Waals surface area contributed by atoms with Gasteiger partial charge in [-0.3, -0.25) is 0 Å². The zero-order valence-corrected chi connectivity index (χ0v) is 29.8. The zero-order chi connectivity index (χ0) is 30.2. The molecule has 0 fully saturated rings. The summed E-state index contributed by atoms with van der Waals surface area (Å²) in [4.78, 5) is 20.9. The van der Waals surface area contributed by atoms with Crippen LogP contribution in [0.25, 0.3) is 0 Å². The molecule has 6 rings (SSSR count). The molecule has 6 aromatic rings. The van der Waals surface area contributed by atoms with Crippen molar-refractivity contribution < 1.29 is 4.42 Å². The summed E-state index contributed by atoms with van der Waals surface area (Å²) in [5, 5.41) is 14.9. The second-order valence-electron chi connectivity index (χ2n) is 8.65. The fraction of sp³-hybridized carbons (Fsp3) is 0.345. The number of thiazole rings is 5. The van der Waals surface area contributed by atoms with Crippen molar-refractivity contribution in [3.05, 3.63) is 99.6 Å². The highest BCUT2D eigenvalue weighted by Crippen LogP contribution is 2.25. The highest BCUT2D eigenvalue weighted by molar-refractivity contribution is 8.00. The molecule has 0 saturated heterocycles. The summed E-state index contributed by atoms with van der Waals surface area (Å²) in [7, 11) is 0. The van der Waals surface area contributed by atoms with Gasteiger partial charge in [0.1, 0.15) is 5.76 Å². The summed E-state index contributed by atoms with van der Waals surface area (Å²) in [5.41, 5.74) is 5.60. The Kier molecular flexibility index (Phi) is 16.3. The first-order valence-electron chi connectivity index (χ1n) is 12.6. The van der Waals surface area contributed by atoms with Gasteiger partial charge in [-0.2, -0.15) is 0 Å². The van der Waals surface area contributed by atoms with Crippen LogP contribution >= 0.6 is 68.4 Å². The Balaban J connectivity index is 0.000000185. The van der Waals surface area contributed by atoms with Gasteiger partial charge in [0.05, 0.1) is 32.0 Å². The van der Waals surface area contributed by atoms with Gasteiger partial charge in [0.2, 0.25) is 0 Å². The molecule has 0 aromatic carbocycles. The van der Waals surface area contributed by atoms with Crippen LogP contribution < -0.4 is 0 Å². The summed E-state index contributed by atoms with van der Waals surface area (Å²) in [6.45, 7) is 18.1. The summed E-state index contributed by atoms with van der Waals surface area (Å²) < 4.78 is 6.32. The van der Waals surface area contributed by atoms with Crippen LogP contribution in [0.5, 0.6) is 0 Å². The normalized spacial score (nSPS) is 9.78. The minimum Gasteiger partial charge on any atom is -0.468 e. The summed E-state index contributed by atoms with van der Waals surface area (Å²) in [6.07, 6.45) is 1.70. The highest BCUT2D eigenvalue weighted by Gasteiger charge is 2.01. The number of nitrogens with zero attached hydrogens (tertiary/aromatic N) is 5. The van der Waals surface area contributed by atoms with Gasteiger partial charge in [-0.25, -0.2) is 24.9 Å². The van der Waals surface area contributed by atoms with E-state index >= 15 is 0 Å². The number of aryl methyl sites for hydroxylation is 9.